The molecule has 0 unspecified atom stereocenters. The predicted octanol–water partition coefficient (Wildman–Crippen LogP) is 1.98. The van der Waals surface area contributed by atoms with Gasteiger partial charge in [-0.25, -0.2) is 9.97 Å². The van der Waals surface area contributed by atoms with E-state index in [4.69, 9.17) is 11.6 Å². The summed E-state index contributed by atoms with van der Waals surface area (Å²) in [6.45, 7) is 0. The normalized spacial score (nSPS) is 10.3. The first-order chi connectivity index (χ1) is 5.36. The summed E-state index contributed by atoms with van der Waals surface area (Å²) < 4.78 is 1.82. The van der Waals surface area contributed by atoms with Gasteiger partial charge in [0.25, 0.3) is 0 Å². The summed E-state index contributed by atoms with van der Waals surface area (Å²) in [7, 11) is 0. The van der Waals surface area contributed by atoms with Gasteiger partial charge in [0.2, 0.25) is 0 Å². The SMILES string of the molecule is Clc1csc(-n2ccnc2)n1. The molecule has 2 aromatic heterocycles. The van der Waals surface area contributed by atoms with E-state index in [9.17, 15) is 0 Å². The molecule has 2 aromatic rings. The van der Waals surface area contributed by atoms with Gasteiger partial charge < -0.3 is 0 Å². The first-order valence-corrected chi connectivity index (χ1v) is 4.21. The Bertz CT molecular complexity index is 340. The van der Waals surface area contributed by atoms with Crippen LogP contribution >= 0.6 is 22.9 Å². The van der Waals surface area contributed by atoms with Gasteiger partial charge in [0, 0.05) is 17.8 Å². The molecule has 0 amide bonds. The number of aromatic nitrogens is 3. The van der Waals surface area contributed by atoms with E-state index in [1.165, 1.54) is 11.3 Å². The van der Waals surface area contributed by atoms with Crippen molar-refractivity contribution in [2.45, 2.75) is 0 Å². The maximum Gasteiger partial charge on any atom is 0.196 e. The average molecular weight is 186 g/mol. The van der Waals surface area contributed by atoms with E-state index >= 15 is 0 Å². The molecule has 0 N–H and O–H groups in total. The minimum absolute atomic E-state index is 0.527. The summed E-state index contributed by atoms with van der Waals surface area (Å²) in [5.41, 5.74) is 0. The van der Waals surface area contributed by atoms with Crippen molar-refractivity contribution >= 4 is 22.9 Å². The van der Waals surface area contributed by atoms with Crippen molar-refractivity contribution < 1.29 is 0 Å². The third-order valence-electron chi connectivity index (χ3n) is 1.19. The van der Waals surface area contributed by atoms with E-state index < -0.39 is 0 Å². The third kappa shape index (κ3) is 1.27. The molecule has 2 heterocycles. The zero-order valence-electron chi connectivity index (χ0n) is 5.44. The molecule has 0 atom stereocenters. The lowest BCUT2D eigenvalue weighted by Crippen LogP contribution is -1.86. The lowest BCUT2D eigenvalue weighted by atomic mass is 10.9. The Morgan fingerprint density at radius 2 is 2.45 bits per heavy atom. The highest BCUT2D eigenvalue weighted by atomic mass is 35.5. The summed E-state index contributed by atoms with van der Waals surface area (Å²) in [5, 5.41) is 3.16. The Morgan fingerprint density at radius 3 is 3.00 bits per heavy atom. The topological polar surface area (TPSA) is 30.7 Å². The molecule has 56 valence electrons. The number of nitrogens with zero attached hydrogens (tertiary/aromatic N) is 3. The number of hydrogen-bond donors (Lipinski definition) is 0. The fourth-order valence-electron chi connectivity index (χ4n) is 0.736. The molecule has 0 aliphatic heterocycles. The molecule has 0 radical (unpaired) electrons. The molecular formula is C6H4ClN3S. The largest absolute Gasteiger partial charge is 0.282 e. The van der Waals surface area contributed by atoms with Crippen LogP contribution < -0.4 is 0 Å². The molecule has 5 heteroatoms. The van der Waals surface area contributed by atoms with Crippen LogP contribution in [0.3, 0.4) is 0 Å². The van der Waals surface area contributed by atoms with E-state index in [2.05, 4.69) is 9.97 Å². The minimum Gasteiger partial charge on any atom is -0.282 e. The second kappa shape index (κ2) is 2.64. The number of hydrogen-bond acceptors (Lipinski definition) is 3. The van der Waals surface area contributed by atoms with E-state index in [0.29, 0.717) is 5.15 Å². The minimum atomic E-state index is 0.527. The van der Waals surface area contributed by atoms with Crippen LogP contribution in [0.4, 0.5) is 0 Å². The van der Waals surface area contributed by atoms with Crippen molar-refractivity contribution in [3.63, 3.8) is 0 Å². The Balaban J connectivity index is 2.45. The van der Waals surface area contributed by atoms with Crippen LogP contribution in [0, 0.1) is 0 Å². The second-order valence-corrected chi connectivity index (χ2v) is 3.15. The fraction of sp³-hybridized carbons (Fsp3) is 0. The van der Waals surface area contributed by atoms with Gasteiger partial charge in [-0.3, -0.25) is 4.57 Å². The van der Waals surface area contributed by atoms with Crippen LogP contribution in [0.15, 0.2) is 24.1 Å². The highest BCUT2D eigenvalue weighted by Gasteiger charge is 1.99. The zero-order chi connectivity index (χ0) is 7.68. The molecular weight excluding hydrogens is 182 g/mol. The molecule has 0 saturated heterocycles. The standard InChI is InChI=1S/C6H4ClN3S/c7-5-3-11-6(9-5)10-2-1-8-4-10/h1-4H. The van der Waals surface area contributed by atoms with Gasteiger partial charge in [-0.15, -0.1) is 11.3 Å². The first kappa shape index (κ1) is 6.82. The Hall–Kier alpha value is -0.870. The molecule has 0 fully saturated rings. The smallest absolute Gasteiger partial charge is 0.196 e. The molecule has 0 aliphatic rings. The van der Waals surface area contributed by atoms with Crippen molar-refractivity contribution in [3.05, 3.63) is 29.3 Å². The average Bonchev–Trinajstić information content (AvgIpc) is 2.55. The second-order valence-electron chi connectivity index (χ2n) is 1.92. The van der Waals surface area contributed by atoms with Gasteiger partial charge in [-0.05, 0) is 0 Å². The quantitative estimate of drug-likeness (QED) is 0.680. The van der Waals surface area contributed by atoms with Crippen LogP contribution in [-0.4, -0.2) is 14.5 Å². The van der Waals surface area contributed by atoms with Crippen LogP contribution in [0.1, 0.15) is 0 Å². The van der Waals surface area contributed by atoms with E-state index in [-0.39, 0.29) is 0 Å². The summed E-state index contributed by atoms with van der Waals surface area (Å²) in [4.78, 5) is 7.95. The van der Waals surface area contributed by atoms with Gasteiger partial charge in [0.05, 0.1) is 0 Å². The van der Waals surface area contributed by atoms with Crippen molar-refractivity contribution in [2.75, 3.05) is 0 Å². The Labute approximate surface area is 72.3 Å². The van der Waals surface area contributed by atoms with Gasteiger partial charge >= 0.3 is 0 Å². The van der Waals surface area contributed by atoms with Crippen LogP contribution in [0.5, 0.6) is 0 Å². The maximum atomic E-state index is 5.64. The lowest BCUT2D eigenvalue weighted by molar-refractivity contribution is 1.03. The summed E-state index contributed by atoms with van der Waals surface area (Å²) >= 11 is 7.13. The van der Waals surface area contributed by atoms with Crippen LogP contribution in [-0.2, 0) is 0 Å². The predicted molar refractivity (Wildman–Crippen MR) is 44.2 cm³/mol. The lowest BCUT2D eigenvalue weighted by Gasteiger charge is -1.90. The molecule has 11 heavy (non-hydrogen) atoms. The molecule has 3 nitrogen and oxygen atoms in total. The number of halogens is 1. The van der Waals surface area contributed by atoms with Gasteiger partial charge in [-0.2, -0.15) is 0 Å². The summed E-state index contributed by atoms with van der Waals surface area (Å²) in [6.07, 6.45) is 5.22. The van der Waals surface area contributed by atoms with Gasteiger partial charge in [0.15, 0.2) is 5.13 Å². The van der Waals surface area contributed by atoms with E-state index in [0.717, 1.165) is 5.13 Å². The maximum absolute atomic E-state index is 5.64. The summed E-state index contributed by atoms with van der Waals surface area (Å²) in [6, 6.07) is 0. The van der Waals surface area contributed by atoms with Crippen LogP contribution in [0.2, 0.25) is 5.15 Å². The fourth-order valence-corrected chi connectivity index (χ4v) is 1.64. The van der Waals surface area contributed by atoms with E-state index in [1.807, 2.05) is 10.8 Å². The number of thiazole rings is 1. The third-order valence-corrected chi connectivity index (χ3v) is 2.37. The zero-order valence-corrected chi connectivity index (χ0v) is 7.01. The molecule has 0 saturated carbocycles. The highest BCUT2D eigenvalue weighted by Crippen LogP contribution is 2.17. The van der Waals surface area contributed by atoms with Gasteiger partial charge in [-0.1, -0.05) is 11.6 Å². The van der Waals surface area contributed by atoms with Crippen molar-refractivity contribution in [2.24, 2.45) is 0 Å². The number of imidazole rings is 1. The van der Waals surface area contributed by atoms with Crippen molar-refractivity contribution in [3.8, 4) is 5.13 Å². The molecule has 2 rings (SSSR count). The van der Waals surface area contributed by atoms with Gasteiger partial charge in [0.1, 0.15) is 11.5 Å². The molecule has 0 aliphatic carbocycles. The van der Waals surface area contributed by atoms with E-state index in [1.54, 1.807) is 17.9 Å². The first-order valence-electron chi connectivity index (χ1n) is 2.95. The monoisotopic (exact) mass is 185 g/mol. The van der Waals surface area contributed by atoms with Crippen molar-refractivity contribution in [1.29, 1.82) is 0 Å². The van der Waals surface area contributed by atoms with Crippen molar-refractivity contribution in [1.82, 2.24) is 14.5 Å². The summed E-state index contributed by atoms with van der Waals surface area (Å²) in [5.74, 6) is 0. The molecule has 0 spiro atoms. The Kier molecular flexibility index (Phi) is 1.63. The molecule has 0 aromatic carbocycles. The van der Waals surface area contributed by atoms with Crippen LogP contribution in [0.25, 0.3) is 5.13 Å². The molecule has 0 bridgehead atoms. The Morgan fingerprint density at radius 1 is 1.55 bits per heavy atom. The number of rotatable bonds is 1. The highest BCUT2D eigenvalue weighted by molar-refractivity contribution is 7.12.